The van der Waals surface area contributed by atoms with Gasteiger partial charge in [-0.05, 0) is 35.8 Å². The molecule has 0 N–H and O–H groups in total. The molecule has 126 valence electrons. The highest BCUT2D eigenvalue weighted by molar-refractivity contribution is 5.94. The number of aromatic nitrogens is 4. The molecule has 1 saturated heterocycles. The summed E-state index contributed by atoms with van der Waals surface area (Å²) in [5.41, 5.74) is 2.72. The summed E-state index contributed by atoms with van der Waals surface area (Å²) < 4.78 is 0. The molecule has 0 unspecified atom stereocenters. The fourth-order valence-corrected chi connectivity index (χ4v) is 3.03. The fraction of sp³-hybridized carbons (Fsp3) is 0.263. The zero-order valence-electron chi connectivity index (χ0n) is 13.9. The smallest absolute Gasteiger partial charge is 0.253 e. The Balaban J connectivity index is 1.45. The molecule has 0 atom stereocenters. The third-order valence-electron chi connectivity index (χ3n) is 4.40. The molecule has 25 heavy (non-hydrogen) atoms. The van der Waals surface area contributed by atoms with Gasteiger partial charge in [-0.25, -0.2) is 0 Å². The third-order valence-corrected chi connectivity index (χ3v) is 4.40. The maximum absolute atomic E-state index is 12.4. The SMILES string of the molecule is O=C(c1ccc(Cn2nnc(-c3ccccc3)n2)cc1)N1CCCC1. The molecule has 1 aliphatic heterocycles. The first kappa shape index (κ1) is 15.5. The van der Waals surface area contributed by atoms with Crippen LogP contribution in [-0.4, -0.2) is 44.1 Å². The van der Waals surface area contributed by atoms with Gasteiger partial charge in [-0.15, -0.1) is 10.2 Å². The number of nitrogens with zero attached hydrogens (tertiary/aromatic N) is 5. The minimum Gasteiger partial charge on any atom is -0.339 e. The monoisotopic (exact) mass is 333 g/mol. The van der Waals surface area contributed by atoms with E-state index in [1.807, 2.05) is 59.5 Å². The molecule has 1 aromatic heterocycles. The van der Waals surface area contributed by atoms with Crippen molar-refractivity contribution in [2.24, 2.45) is 0 Å². The van der Waals surface area contributed by atoms with Gasteiger partial charge in [0.15, 0.2) is 0 Å². The summed E-state index contributed by atoms with van der Waals surface area (Å²) in [6.07, 6.45) is 2.21. The van der Waals surface area contributed by atoms with E-state index < -0.39 is 0 Å². The van der Waals surface area contributed by atoms with Crippen molar-refractivity contribution in [1.29, 1.82) is 0 Å². The number of carbonyl (C=O) groups is 1. The minimum atomic E-state index is 0.120. The molecule has 0 aliphatic carbocycles. The highest BCUT2D eigenvalue weighted by atomic mass is 16.2. The van der Waals surface area contributed by atoms with Gasteiger partial charge < -0.3 is 4.90 Å². The summed E-state index contributed by atoms with van der Waals surface area (Å²) >= 11 is 0. The Bertz CT molecular complexity index is 851. The molecule has 0 spiro atoms. The van der Waals surface area contributed by atoms with Crippen LogP contribution < -0.4 is 0 Å². The quantitative estimate of drug-likeness (QED) is 0.736. The Kier molecular flexibility index (Phi) is 4.24. The van der Waals surface area contributed by atoms with E-state index in [9.17, 15) is 4.79 Å². The summed E-state index contributed by atoms with van der Waals surface area (Å²) in [5, 5.41) is 12.6. The van der Waals surface area contributed by atoms with Crippen molar-refractivity contribution >= 4 is 5.91 Å². The molecule has 1 fully saturated rings. The molecular weight excluding hydrogens is 314 g/mol. The van der Waals surface area contributed by atoms with Crippen molar-refractivity contribution < 1.29 is 4.79 Å². The van der Waals surface area contributed by atoms with Crippen molar-refractivity contribution in [3.8, 4) is 11.4 Å². The Morgan fingerprint density at radius 3 is 2.40 bits per heavy atom. The Morgan fingerprint density at radius 2 is 1.68 bits per heavy atom. The van der Waals surface area contributed by atoms with Crippen molar-refractivity contribution in [2.75, 3.05) is 13.1 Å². The number of hydrogen-bond acceptors (Lipinski definition) is 4. The average Bonchev–Trinajstić information content (AvgIpc) is 3.35. The van der Waals surface area contributed by atoms with Crippen LogP contribution in [0.4, 0.5) is 0 Å². The molecule has 3 aromatic rings. The van der Waals surface area contributed by atoms with Crippen LogP contribution in [0.5, 0.6) is 0 Å². The molecule has 1 aliphatic rings. The molecule has 1 amide bonds. The zero-order chi connectivity index (χ0) is 17.1. The lowest BCUT2D eigenvalue weighted by atomic mass is 10.1. The van der Waals surface area contributed by atoms with E-state index in [0.29, 0.717) is 12.4 Å². The number of carbonyl (C=O) groups excluding carboxylic acids is 1. The lowest BCUT2D eigenvalue weighted by molar-refractivity contribution is 0.0793. The molecule has 2 aromatic carbocycles. The molecule has 0 saturated carbocycles. The van der Waals surface area contributed by atoms with Gasteiger partial charge in [0.05, 0.1) is 6.54 Å². The fourth-order valence-electron chi connectivity index (χ4n) is 3.03. The normalized spacial score (nSPS) is 14.0. The molecular formula is C19H19N5O. The second-order valence-electron chi connectivity index (χ2n) is 6.21. The van der Waals surface area contributed by atoms with E-state index in [1.54, 1.807) is 4.80 Å². The standard InChI is InChI=1S/C19H19N5O/c25-19(23-12-4-5-13-23)17-10-8-15(9-11-17)14-24-21-18(20-22-24)16-6-2-1-3-7-16/h1-3,6-11H,4-5,12-14H2. The maximum atomic E-state index is 12.4. The van der Waals surface area contributed by atoms with Crippen LogP contribution in [0.2, 0.25) is 0 Å². The zero-order valence-corrected chi connectivity index (χ0v) is 13.9. The predicted octanol–water partition coefficient (Wildman–Crippen LogP) is 2.62. The van der Waals surface area contributed by atoms with Gasteiger partial charge in [-0.2, -0.15) is 4.80 Å². The van der Waals surface area contributed by atoms with Crippen LogP contribution >= 0.6 is 0 Å². The van der Waals surface area contributed by atoms with Crippen molar-refractivity contribution in [1.82, 2.24) is 25.1 Å². The van der Waals surface area contributed by atoms with Crippen LogP contribution in [0.25, 0.3) is 11.4 Å². The number of hydrogen-bond donors (Lipinski definition) is 0. The van der Waals surface area contributed by atoms with Gasteiger partial charge in [0.1, 0.15) is 0 Å². The van der Waals surface area contributed by atoms with Gasteiger partial charge in [0.25, 0.3) is 5.91 Å². The van der Waals surface area contributed by atoms with E-state index in [1.165, 1.54) is 0 Å². The van der Waals surface area contributed by atoms with Crippen LogP contribution in [-0.2, 0) is 6.54 Å². The largest absolute Gasteiger partial charge is 0.339 e. The van der Waals surface area contributed by atoms with Gasteiger partial charge >= 0.3 is 0 Å². The van der Waals surface area contributed by atoms with Gasteiger partial charge in [0, 0.05) is 24.2 Å². The van der Waals surface area contributed by atoms with E-state index in [0.717, 1.165) is 42.6 Å². The molecule has 4 rings (SSSR count). The first-order chi connectivity index (χ1) is 12.3. The van der Waals surface area contributed by atoms with Gasteiger partial charge in [-0.1, -0.05) is 42.5 Å². The topological polar surface area (TPSA) is 63.9 Å². The average molecular weight is 333 g/mol. The first-order valence-electron chi connectivity index (χ1n) is 8.51. The van der Waals surface area contributed by atoms with Crippen LogP contribution in [0.15, 0.2) is 54.6 Å². The summed E-state index contributed by atoms with van der Waals surface area (Å²) in [7, 11) is 0. The summed E-state index contributed by atoms with van der Waals surface area (Å²) in [6.45, 7) is 2.26. The first-order valence-corrected chi connectivity index (χ1v) is 8.51. The summed E-state index contributed by atoms with van der Waals surface area (Å²) in [5.74, 6) is 0.732. The number of rotatable bonds is 4. The molecule has 0 bridgehead atoms. The summed E-state index contributed by atoms with van der Waals surface area (Å²) in [6, 6.07) is 17.4. The lowest BCUT2D eigenvalue weighted by Crippen LogP contribution is -2.27. The highest BCUT2D eigenvalue weighted by Gasteiger charge is 2.19. The lowest BCUT2D eigenvalue weighted by Gasteiger charge is -2.15. The summed E-state index contributed by atoms with van der Waals surface area (Å²) in [4.78, 5) is 15.8. The van der Waals surface area contributed by atoms with Gasteiger partial charge in [-0.3, -0.25) is 4.79 Å². The third kappa shape index (κ3) is 3.42. The molecule has 6 nitrogen and oxygen atoms in total. The maximum Gasteiger partial charge on any atom is 0.253 e. The highest BCUT2D eigenvalue weighted by Crippen LogP contribution is 2.15. The van der Waals surface area contributed by atoms with Crippen molar-refractivity contribution in [3.63, 3.8) is 0 Å². The predicted molar refractivity (Wildman–Crippen MR) is 93.9 cm³/mol. The Hall–Kier alpha value is -3.02. The second-order valence-corrected chi connectivity index (χ2v) is 6.21. The van der Waals surface area contributed by atoms with E-state index >= 15 is 0 Å². The van der Waals surface area contributed by atoms with Gasteiger partial charge in [0.2, 0.25) is 5.82 Å². The van der Waals surface area contributed by atoms with E-state index in [2.05, 4.69) is 15.4 Å². The Labute approximate surface area is 146 Å². The minimum absolute atomic E-state index is 0.120. The molecule has 6 heteroatoms. The van der Waals surface area contributed by atoms with Crippen LogP contribution in [0.1, 0.15) is 28.8 Å². The number of amides is 1. The Morgan fingerprint density at radius 1 is 0.960 bits per heavy atom. The van der Waals surface area contributed by atoms with Crippen LogP contribution in [0.3, 0.4) is 0 Å². The number of tetrazole rings is 1. The number of benzene rings is 2. The number of likely N-dealkylation sites (tertiary alicyclic amines) is 1. The molecule has 0 radical (unpaired) electrons. The van der Waals surface area contributed by atoms with E-state index in [-0.39, 0.29) is 5.91 Å². The second kappa shape index (κ2) is 6.84. The van der Waals surface area contributed by atoms with E-state index in [4.69, 9.17) is 0 Å². The van der Waals surface area contributed by atoms with Crippen LogP contribution in [0, 0.1) is 0 Å². The van der Waals surface area contributed by atoms with Crippen molar-refractivity contribution in [2.45, 2.75) is 19.4 Å². The molecule has 2 heterocycles. The van der Waals surface area contributed by atoms with Crippen molar-refractivity contribution in [3.05, 3.63) is 65.7 Å².